The molecule has 20 heavy (non-hydrogen) atoms. The minimum atomic E-state index is -0.409. The SMILES string of the molecule is Cc1ccc2c(c1)[nH]c(=S)n2Cc1ccc(F)c(Cl)c1. The molecule has 102 valence electrons. The maximum Gasteiger partial charge on any atom is 0.178 e. The summed E-state index contributed by atoms with van der Waals surface area (Å²) in [6.45, 7) is 2.59. The second-order valence-electron chi connectivity index (χ2n) is 4.79. The van der Waals surface area contributed by atoms with Crippen LogP contribution in [0.5, 0.6) is 0 Å². The molecule has 0 atom stereocenters. The molecule has 0 amide bonds. The topological polar surface area (TPSA) is 20.7 Å². The molecule has 0 aliphatic heterocycles. The molecule has 3 rings (SSSR count). The normalized spacial score (nSPS) is 11.2. The number of aryl methyl sites for hydroxylation is 1. The number of nitrogens with zero attached hydrogens (tertiary/aromatic N) is 1. The van der Waals surface area contributed by atoms with Crippen molar-refractivity contribution in [3.8, 4) is 0 Å². The van der Waals surface area contributed by atoms with E-state index in [1.54, 1.807) is 12.1 Å². The van der Waals surface area contributed by atoms with E-state index < -0.39 is 5.82 Å². The summed E-state index contributed by atoms with van der Waals surface area (Å²) < 4.78 is 15.8. The third-order valence-electron chi connectivity index (χ3n) is 3.25. The van der Waals surface area contributed by atoms with Crippen molar-refractivity contribution in [2.24, 2.45) is 0 Å². The van der Waals surface area contributed by atoms with E-state index in [1.807, 2.05) is 23.6 Å². The second kappa shape index (κ2) is 5.04. The summed E-state index contributed by atoms with van der Waals surface area (Å²) >= 11 is 11.2. The third-order valence-corrected chi connectivity index (χ3v) is 3.87. The van der Waals surface area contributed by atoms with E-state index in [9.17, 15) is 4.39 Å². The molecular formula is C15H12ClFN2S. The van der Waals surface area contributed by atoms with E-state index in [2.05, 4.69) is 11.1 Å². The molecule has 0 saturated heterocycles. The summed E-state index contributed by atoms with van der Waals surface area (Å²) in [6.07, 6.45) is 0. The average Bonchev–Trinajstić information content (AvgIpc) is 2.69. The van der Waals surface area contributed by atoms with Crippen molar-refractivity contribution in [2.75, 3.05) is 0 Å². The van der Waals surface area contributed by atoms with Crippen molar-refractivity contribution in [3.05, 3.63) is 63.1 Å². The van der Waals surface area contributed by atoms with Gasteiger partial charge in [-0.1, -0.05) is 23.7 Å². The summed E-state index contributed by atoms with van der Waals surface area (Å²) in [5, 5.41) is 0.129. The first kappa shape index (κ1) is 13.3. The van der Waals surface area contributed by atoms with Gasteiger partial charge in [0, 0.05) is 0 Å². The number of rotatable bonds is 2. The van der Waals surface area contributed by atoms with Crippen molar-refractivity contribution < 1.29 is 4.39 Å². The van der Waals surface area contributed by atoms with Gasteiger partial charge < -0.3 is 9.55 Å². The summed E-state index contributed by atoms with van der Waals surface area (Å²) in [4.78, 5) is 3.18. The lowest BCUT2D eigenvalue weighted by Crippen LogP contribution is -2.00. The second-order valence-corrected chi connectivity index (χ2v) is 5.58. The van der Waals surface area contributed by atoms with E-state index in [0.717, 1.165) is 16.6 Å². The Morgan fingerprint density at radius 1 is 1.25 bits per heavy atom. The Balaban J connectivity index is 2.08. The number of imidazole rings is 1. The molecule has 0 saturated carbocycles. The van der Waals surface area contributed by atoms with Crippen LogP contribution in [-0.4, -0.2) is 9.55 Å². The molecule has 1 heterocycles. The Bertz CT molecular complexity index is 851. The molecule has 0 bridgehead atoms. The number of halogens is 2. The highest BCUT2D eigenvalue weighted by Crippen LogP contribution is 2.20. The molecule has 1 N–H and O–H groups in total. The minimum absolute atomic E-state index is 0.129. The lowest BCUT2D eigenvalue weighted by atomic mass is 10.2. The van der Waals surface area contributed by atoms with Crippen molar-refractivity contribution in [1.29, 1.82) is 0 Å². The Morgan fingerprint density at radius 3 is 2.80 bits per heavy atom. The smallest absolute Gasteiger partial charge is 0.178 e. The molecule has 3 aromatic rings. The zero-order valence-corrected chi connectivity index (χ0v) is 12.4. The summed E-state index contributed by atoms with van der Waals surface area (Å²) in [5.74, 6) is -0.409. The number of hydrogen-bond donors (Lipinski definition) is 1. The van der Waals surface area contributed by atoms with Crippen LogP contribution in [0.4, 0.5) is 4.39 Å². The molecule has 0 aliphatic rings. The highest BCUT2D eigenvalue weighted by atomic mass is 35.5. The fourth-order valence-corrected chi connectivity index (χ4v) is 2.73. The Kier molecular flexibility index (Phi) is 3.36. The van der Waals surface area contributed by atoms with Crippen LogP contribution in [0.3, 0.4) is 0 Å². The van der Waals surface area contributed by atoms with Crippen molar-refractivity contribution in [3.63, 3.8) is 0 Å². The van der Waals surface area contributed by atoms with Crippen LogP contribution in [0.25, 0.3) is 11.0 Å². The van der Waals surface area contributed by atoms with Gasteiger partial charge >= 0.3 is 0 Å². The lowest BCUT2D eigenvalue weighted by molar-refractivity contribution is 0.627. The number of benzene rings is 2. The zero-order chi connectivity index (χ0) is 14.3. The van der Waals surface area contributed by atoms with Crippen LogP contribution >= 0.6 is 23.8 Å². The summed E-state index contributed by atoms with van der Waals surface area (Å²) in [5.41, 5.74) is 4.11. The van der Waals surface area contributed by atoms with Gasteiger partial charge in [0.1, 0.15) is 5.82 Å². The van der Waals surface area contributed by atoms with E-state index in [-0.39, 0.29) is 5.02 Å². The molecule has 0 spiro atoms. The molecule has 0 fully saturated rings. The fraction of sp³-hybridized carbons (Fsp3) is 0.133. The maximum atomic E-state index is 13.2. The van der Waals surface area contributed by atoms with Gasteiger partial charge in [-0.25, -0.2) is 4.39 Å². The molecule has 0 radical (unpaired) electrons. The van der Waals surface area contributed by atoms with E-state index in [0.29, 0.717) is 11.3 Å². The molecule has 0 unspecified atom stereocenters. The van der Waals surface area contributed by atoms with Gasteiger partial charge in [-0.3, -0.25) is 0 Å². The van der Waals surface area contributed by atoms with Crippen LogP contribution in [0.2, 0.25) is 5.02 Å². The van der Waals surface area contributed by atoms with Crippen molar-refractivity contribution in [1.82, 2.24) is 9.55 Å². The third kappa shape index (κ3) is 2.37. The van der Waals surface area contributed by atoms with Gasteiger partial charge in [0.25, 0.3) is 0 Å². The maximum absolute atomic E-state index is 13.2. The van der Waals surface area contributed by atoms with E-state index >= 15 is 0 Å². The monoisotopic (exact) mass is 306 g/mol. The molecule has 2 nitrogen and oxygen atoms in total. The van der Waals surface area contributed by atoms with Crippen LogP contribution in [0, 0.1) is 17.5 Å². The average molecular weight is 307 g/mol. The van der Waals surface area contributed by atoms with Gasteiger partial charge in [0.05, 0.1) is 22.6 Å². The van der Waals surface area contributed by atoms with Gasteiger partial charge in [0.15, 0.2) is 4.77 Å². The predicted molar refractivity (Wildman–Crippen MR) is 82.4 cm³/mol. The minimum Gasteiger partial charge on any atom is -0.331 e. The van der Waals surface area contributed by atoms with Crippen LogP contribution < -0.4 is 0 Å². The molecule has 2 aromatic carbocycles. The van der Waals surface area contributed by atoms with Crippen molar-refractivity contribution >= 4 is 34.9 Å². The number of hydrogen-bond acceptors (Lipinski definition) is 1. The number of H-pyrrole nitrogens is 1. The van der Waals surface area contributed by atoms with Gasteiger partial charge in [-0.2, -0.15) is 0 Å². The summed E-state index contributed by atoms with van der Waals surface area (Å²) in [7, 11) is 0. The van der Waals surface area contributed by atoms with Gasteiger partial charge in [0.2, 0.25) is 0 Å². The first-order chi connectivity index (χ1) is 9.54. The number of aromatic nitrogens is 2. The zero-order valence-electron chi connectivity index (χ0n) is 10.8. The standard InChI is InChI=1S/C15H12ClFN2S/c1-9-2-5-14-13(6-9)18-15(20)19(14)8-10-3-4-12(17)11(16)7-10/h2-7H,8H2,1H3,(H,18,20). The number of nitrogens with one attached hydrogen (secondary N) is 1. The predicted octanol–water partition coefficient (Wildman–Crippen LogP) is 4.85. The summed E-state index contributed by atoms with van der Waals surface area (Å²) in [6, 6.07) is 10.8. The highest BCUT2D eigenvalue weighted by molar-refractivity contribution is 7.71. The highest BCUT2D eigenvalue weighted by Gasteiger charge is 2.07. The quantitative estimate of drug-likeness (QED) is 0.671. The number of aromatic amines is 1. The van der Waals surface area contributed by atoms with Crippen LogP contribution in [0.15, 0.2) is 36.4 Å². The Hall–Kier alpha value is -1.65. The Morgan fingerprint density at radius 2 is 2.05 bits per heavy atom. The van der Waals surface area contributed by atoms with E-state index in [4.69, 9.17) is 23.8 Å². The molecule has 1 aromatic heterocycles. The van der Waals surface area contributed by atoms with Gasteiger partial charge in [-0.15, -0.1) is 0 Å². The van der Waals surface area contributed by atoms with E-state index in [1.165, 1.54) is 11.6 Å². The number of fused-ring (bicyclic) bond motifs is 1. The Labute approximate surface area is 125 Å². The lowest BCUT2D eigenvalue weighted by Gasteiger charge is -2.06. The van der Waals surface area contributed by atoms with Crippen LogP contribution in [0.1, 0.15) is 11.1 Å². The fourth-order valence-electron chi connectivity index (χ4n) is 2.25. The molecular weight excluding hydrogens is 295 g/mol. The molecule has 0 aliphatic carbocycles. The first-order valence-corrected chi connectivity index (χ1v) is 6.96. The van der Waals surface area contributed by atoms with Crippen LogP contribution in [-0.2, 0) is 6.54 Å². The molecule has 5 heteroatoms. The first-order valence-electron chi connectivity index (χ1n) is 6.18. The van der Waals surface area contributed by atoms with Gasteiger partial charge in [-0.05, 0) is 54.5 Å². The van der Waals surface area contributed by atoms with Crippen molar-refractivity contribution in [2.45, 2.75) is 13.5 Å². The largest absolute Gasteiger partial charge is 0.331 e.